The van der Waals surface area contributed by atoms with Gasteiger partial charge in [-0.1, -0.05) is 45.0 Å². The van der Waals surface area contributed by atoms with Gasteiger partial charge in [0.1, 0.15) is 5.69 Å². The predicted molar refractivity (Wildman–Crippen MR) is 102 cm³/mol. The van der Waals surface area contributed by atoms with Crippen LogP contribution in [0.5, 0.6) is 0 Å². The molecule has 122 valence electrons. The number of benzene rings is 2. The minimum Gasteiger partial charge on any atom is -0.286 e. The van der Waals surface area contributed by atoms with Crippen LogP contribution in [0, 0.1) is 6.92 Å². The average molecular weight is 309 g/mol. The quantitative estimate of drug-likeness (QED) is 0.641. The lowest BCUT2D eigenvalue weighted by atomic mass is 9.86. The van der Waals surface area contributed by atoms with E-state index < -0.39 is 0 Å². The van der Waals surface area contributed by atoms with E-state index in [0.717, 1.165) is 4.48 Å². The first-order chi connectivity index (χ1) is 10.6. The Hall–Kier alpha value is -1.80. The molecule has 1 aliphatic heterocycles. The summed E-state index contributed by atoms with van der Waals surface area (Å²) in [5.41, 5.74) is 6.94. The van der Waals surface area contributed by atoms with E-state index in [-0.39, 0.29) is 5.41 Å². The van der Waals surface area contributed by atoms with Gasteiger partial charge in [-0.25, -0.2) is 0 Å². The van der Waals surface area contributed by atoms with Crippen molar-refractivity contribution >= 4 is 17.1 Å². The van der Waals surface area contributed by atoms with Crippen LogP contribution in [0.2, 0.25) is 0 Å². The summed E-state index contributed by atoms with van der Waals surface area (Å²) in [7, 11) is 4.60. The van der Waals surface area contributed by atoms with Crippen LogP contribution in [0.1, 0.15) is 38.8 Å². The lowest BCUT2D eigenvalue weighted by molar-refractivity contribution is 0.339. The first kappa shape index (κ1) is 16.1. The van der Waals surface area contributed by atoms with Gasteiger partial charge in [-0.3, -0.25) is 9.38 Å². The van der Waals surface area contributed by atoms with Crippen molar-refractivity contribution in [2.75, 3.05) is 19.0 Å². The Morgan fingerprint density at radius 1 is 0.957 bits per heavy atom. The van der Waals surface area contributed by atoms with Gasteiger partial charge >= 0.3 is 0 Å². The molecule has 2 aromatic carbocycles. The average Bonchev–Trinajstić information content (AvgIpc) is 2.67. The highest BCUT2D eigenvalue weighted by atomic mass is 15.5. The maximum atomic E-state index is 2.51. The third kappa shape index (κ3) is 2.46. The van der Waals surface area contributed by atoms with Crippen molar-refractivity contribution in [3.05, 3.63) is 53.6 Å². The van der Waals surface area contributed by atoms with E-state index in [1.807, 2.05) is 0 Å². The van der Waals surface area contributed by atoms with Crippen LogP contribution in [0.25, 0.3) is 0 Å². The lowest BCUT2D eigenvalue weighted by Crippen LogP contribution is -2.50. The first-order valence-corrected chi connectivity index (χ1v) is 8.47. The number of para-hydroxylation sites is 2. The molecule has 0 unspecified atom stereocenters. The smallest absolute Gasteiger partial charge is 0.170 e. The van der Waals surface area contributed by atoms with Gasteiger partial charge in [0.05, 0.1) is 19.8 Å². The standard InChI is InChI=1S/C21H29N2/c1-15-12-13-17(21(3,4)5)14-19(15)22-16(2)23(6,7)20-11-9-8-10-18(20)22/h8-14,16H,1-7H3/q+1/t16-/m1/s1. The number of hydrogen-bond acceptors (Lipinski definition) is 1. The Balaban J connectivity index is 2.20. The third-order valence-electron chi connectivity index (χ3n) is 5.40. The van der Waals surface area contributed by atoms with Crippen LogP contribution >= 0.6 is 0 Å². The molecule has 2 nitrogen and oxygen atoms in total. The summed E-state index contributed by atoms with van der Waals surface area (Å²) in [6.07, 6.45) is 0.376. The van der Waals surface area contributed by atoms with Crippen molar-refractivity contribution in [3.8, 4) is 0 Å². The van der Waals surface area contributed by atoms with Crippen molar-refractivity contribution in [2.45, 2.75) is 46.2 Å². The number of nitrogens with zero attached hydrogens (tertiary/aromatic N) is 2. The van der Waals surface area contributed by atoms with Gasteiger partial charge in [0, 0.05) is 13.0 Å². The molecule has 0 saturated carbocycles. The molecule has 0 spiro atoms. The molecule has 0 fully saturated rings. The number of hydrogen-bond donors (Lipinski definition) is 0. The van der Waals surface area contributed by atoms with Crippen molar-refractivity contribution in [1.29, 1.82) is 0 Å². The molecule has 23 heavy (non-hydrogen) atoms. The molecule has 1 atom stereocenters. The molecule has 0 aliphatic carbocycles. The molecule has 0 aromatic heterocycles. The van der Waals surface area contributed by atoms with Gasteiger partial charge in [-0.2, -0.15) is 0 Å². The zero-order valence-electron chi connectivity index (χ0n) is 15.5. The van der Waals surface area contributed by atoms with Crippen LogP contribution < -0.4 is 9.38 Å². The summed E-state index contributed by atoms with van der Waals surface area (Å²) in [5, 5.41) is 0. The number of fused-ring (bicyclic) bond motifs is 1. The number of anilines is 2. The Kier molecular flexibility index (Phi) is 3.57. The van der Waals surface area contributed by atoms with E-state index in [1.54, 1.807) is 0 Å². The number of rotatable bonds is 1. The minimum absolute atomic E-state index is 0.162. The van der Waals surface area contributed by atoms with Crippen molar-refractivity contribution in [2.24, 2.45) is 0 Å². The first-order valence-electron chi connectivity index (χ1n) is 8.47. The molecule has 2 aromatic rings. The number of aryl methyl sites for hydroxylation is 1. The van der Waals surface area contributed by atoms with E-state index >= 15 is 0 Å². The fourth-order valence-corrected chi connectivity index (χ4v) is 3.51. The van der Waals surface area contributed by atoms with Crippen LogP contribution in [0.4, 0.5) is 17.1 Å². The van der Waals surface area contributed by atoms with Gasteiger partial charge in [0.25, 0.3) is 0 Å². The van der Waals surface area contributed by atoms with Gasteiger partial charge in [-0.05, 0) is 35.6 Å². The fourth-order valence-electron chi connectivity index (χ4n) is 3.51. The van der Waals surface area contributed by atoms with Gasteiger partial charge in [-0.15, -0.1) is 0 Å². The molecule has 0 bridgehead atoms. The summed E-state index contributed by atoms with van der Waals surface area (Å²) < 4.78 is 0.884. The summed E-state index contributed by atoms with van der Waals surface area (Å²) >= 11 is 0. The topological polar surface area (TPSA) is 3.24 Å². The summed E-state index contributed by atoms with van der Waals surface area (Å²) in [4.78, 5) is 2.51. The largest absolute Gasteiger partial charge is 0.286 e. The van der Waals surface area contributed by atoms with Crippen molar-refractivity contribution in [3.63, 3.8) is 0 Å². The second kappa shape index (κ2) is 5.10. The maximum Gasteiger partial charge on any atom is 0.170 e. The Morgan fingerprint density at radius 3 is 2.26 bits per heavy atom. The second-order valence-electron chi connectivity index (χ2n) is 8.28. The van der Waals surface area contributed by atoms with Gasteiger partial charge in [0.2, 0.25) is 0 Å². The molecule has 0 saturated heterocycles. The molecular weight excluding hydrogens is 280 g/mol. The molecular formula is C21H29N2+. The fraction of sp³-hybridized carbons (Fsp3) is 0.429. The predicted octanol–water partition coefficient (Wildman–Crippen LogP) is 5.36. The minimum atomic E-state index is 0.162. The highest BCUT2D eigenvalue weighted by Crippen LogP contribution is 2.47. The zero-order chi connectivity index (χ0) is 17.0. The summed E-state index contributed by atoms with van der Waals surface area (Å²) in [6, 6.07) is 15.7. The molecule has 0 N–H and O–H groups in total. The van der Waals surface area contributed by atoms with Crippen LogP contribution in [-0.4, -0.2) is 20.3 Å². The maximum absolute atomic E-state index is 2.51. The van der Waals surface area contributed by atoms with Crippen LogP contribution in [0.3, 0.4) is 0 Å². The molecule has 0 amide bonds. The van der Waals surface area contributed by atoms with E-state index in [0.29, 0.717) is 6.17 Å². The van der Waals surface area contributed by atoms with E-state index in [9.17, 15) is 0 Å². The molecule has 1 aliphatic rings. The molecule has 2 heteroatoms. The second-order valence-corrected chi connectivity index (χ2v) is 8.28. The number of quaternary nitrogens is 1. The monoisotopic (exact) mass is 309 g/mol. The SMILES string of the molecule is Cc1ccc(C(C)(C)C)cc1N1c2ccccc2[N+](C)(C)[C@@H]1C. The van der Waals surface area contributed by atoms with E-state index in [2.05, 4.69) is 96.1 Å². The molecule has 3 rings (SSSR count). The highest BCUT2D eigenvalue weighted by molar-refractivity contribution is 5.82. The Labute approximate surface area is 140 Å². The normalized spacial score (nSPS) is 19.8. The zero-order valence-corrected chi connectivity index (χ0v) is 15.5. The van der Waals surface area contributed by atoms with E-state index in [1.165, 1.54) is 28.2 Å². The summed E-state index contributed by atoms with van der Waals surface area (Å²) in [6.45, 7) is 11.4. The highest BCUT2D eigenvalue weighted by Gasteiger charge is 2.43. The Morgan fingerprint density at radius 2 is 1.61 bits per heavy atom. The molecule has 1 heterocycles. The van der Waals surface area contributed by atoms with Crippen molar-refractivity contribution in [1.82, 2.24) is 4.48 Å². The van der Waals surface area contributed by atoms with Gasteiger partial charge in [0.15, 0.2) is 11.9 Å². The molecule has 0 radical (unpaired) electrons. The van der Waals surface area contributed by atoms with E-state index in [4.69, 9.17) is 0 Å². The summed E-state index contributed by atoms with van der Waals surface area (Å²) in [5.74, 6) is 0. The lowest BCUT2D eigenvalue weighted by Gasteiger charge is -2.34. The van der Waals surface area contributed by atoms with Gasteiger partial charge < -0.3 is 0 Å². The Bertz CT molecular complexity index is 738. The van der Waals surface area contributed by atoms with Crippen molar-refractivity contribution < 1.29 is 0 Å². The van der Waals surface area contributed by atoms with Crippen LogP contribution in [-0.2, 0) is 5.41 Å². The third-order valence-corrected chi connectivity index (χ3v) is 5.40. The van der Waals surface area contributed by atoms with Crippen LogP contribution in [0.15, 0.2) is 42.5 Å².